The standard InChI is InChI=1S/C29H29NO4/c1-3-4-9-25-27(18-31)30-26-13-8-7-12-24(26)28(25)34-19-20-14-16-21(17-15-20)22-10-5-6-11-23(22)29(32)33-2/h5-8,10-17,31H,3-4,9,18-19H2,1-2H3. The van der Waals surface area contributed by atoms with Gasteiger partial charge in [0.15, 0.2) is 0 Å². The lowest BCUT2D eigenvalue weighted by Crippen LogP contribution is -2.06. The van der Waals surface area contributed by atoms with E-state index in [-0.39, 0.29) is 12.6 Å². The zero-order chi connectivity index (χ0) is 23.9. The van der Waals surface area contributed by atoms with Crippen LogP contribution in [0.15, 0.2) is 72.8 Å². The van der Waals surface area contributed by atoms with Gasteiger partial charge in [-0.2, -0.15) is 0 Å². The maximum absolute atomic E-state index is 12.1. The second kappa shape index (κ2) is 10.9. The number of pyridine rings is 1. The number of aliphatic hydroxyl groups is 1. The summed E-state index contributed by atoms with van der Waals surface area (Å²) in [5, 5.41) is 10.9. The summed E-state index contributed by atoms with van der Waals surface area (Å²) in [4.78, 5) is 16.8. The maximum atomic E-state index is 12.1. The van der Waals surface area contributed by atoms with Crippen molar-refractivity contribution < 1.29 is 19.4 Å². The highest BCUT2D eigenvalue weighted by molar-refractivity contribution is 5.97. The van der Waals surface area contributed by atoms with Gasteiger partial charge in [0.25, 0.3) is 0 Å². The Labute approximate surface area is 200 Å². The molecule has 0 amide bonds. The van der Waals surface area contributed by atoms with Crippen LogP contribution in [0.5, 0.6) is 5.75 Å². The molecule has 4 aromatic rings. The van der Waals surface area contributed by atoms with Gasteiger partial charge in [-0.1, -0.05) is 67.9 Å². The summed E-state index contributed by atoms with van der Waals surface area (Å²) < 4.78 is 11.3. The molecule has 1 N–H and O–H groups in total. The molecule has 5 heteroatoms. The van der Waals surface area contributed by atoms with Crippen molar-refractivity contribution in [3.63, 3.8) is 0 Å². The molecular formula is C29H29NO4. The number of ether oxygens (including phenoxy) is 2. The monoisotopic (exact) mass is 455 g/mol. The summed E-state index contributed by atoms with van der Waals surface area (Å²) in [5.74, 6) is 0.440. The molecule has 34 heavy (non-hydrogen) atoms. The van der Waals surface area contributed by atoms with Gasteiger partial charge in [0.2, 0.25) is 0 Å². The van der Waals surface area contributed by atoms with Crippen molar-refractivity contribution in [3.8, 4) is 16.9 Å². The highest BCUT2D eigenvalue weighted by Gasteiger charge is 2.16. The van der Waals surface area contributed by atoms with Crippen molar-refractivity contribution in [2.24, 2.45) is 0 Å². The van der Waals surface area contributed by atoms with Crippen molar-refractivity contribution in [3.05, 3.63) is 95.2 Å². The van der Waals surface area contributed by atoms with Gasteiger partial charge in [-0.3, -0.25) is 0 Å². The van der Waals surface area contributed by atoms with E-state index in [1.807, 2.05) is 66.7 Å². The number of hydrogen-bond donors (Lipinski definition) is 1. The van der Waals surface area contributed by atoms with Gasteiger partial charge in [-0.05, 0) is 47.7 Å². The molecule has 0 aliphatic carbocycles. The SMILES string of the molecule is CCCCc1c(CO)nc2ccccc2c1OCc1ccc(-c2ccccc2C(=O)OC)cc1. The van der Waals surface area contributed by atoms with E-state index >= 15 is 0 Å². The van der Waals surface area contributed by atoms with Crippen molar-refractivity contribution in [2.75, 3.05) is 7.11 Å². The van der Waals surface area contributed by atoms with Crippen LogP contribution < -0.4 is 4.74 Å². The van der Waals surface area contributed by atoms with Gasteiger partial charge in [0.05, 0.1) is 30.5 Å². The normalized spacial score (nSPS) is 10.9. The minimum atomic E-state index is -0.355. The molecule has 1 aromatic heterocycles. The predicted octanol–water partition coefficient (Wildman–Crippen LogP) is 6.10. The van der Waals surface area contributed by atoms with Crippen LogP contribution in [0.2, 0.25) is 0 Å². The number of carbonyl (C=O) groups excluding carboxylic acids is 1. The third kappa shape index (κ3) is 4.95. The lowest BCUT2D eigenvalue weighted by molar-refractivity contribution is 0.0601. The number of para-hydroxylation sites is 1. The number of benzene rings is 3. The smallest absolute Gasteiger partial charge is 0.338 e. The van der Waals surface area contributed by atoms with Gasteiger partial charge in [0, 0.05) is 10.9 Å². The highest BCUT2D eigenvalue weighted by atomic mass is 16.5. The van der Waals surface area contributed by atoms with Crippen LogP contribution in [0.25, 0.3) is 22.0 Å². The quantitative estimate of drug-likeness (QED) is 0.309. The number of hydrogen-bond acceptors (Lipinski definition) is 5. The van der Waals surface area contributed by atoms with Crippen molar-refractivity contribution in [2.45, 2.75) is 39.4 Å². The Hall–Kier alpha value is -3.70. The van der Waals surface area contributed by atoms with E-state index < -0.39 is 0 Å². The molecule has 0 radical (unpaired) electrons. The first-order chi connectivity index (χ1) is 16.7. The number of aromatic nitrogens is 1. The van der Waals surface area contributed by atoms with Crippen LogP contribution in [0.3, 0.4) is 0 Å². The third-order valence-corrected chi connectivity index (χ3v) is 5.94. The van der Waals surface area contributed by atoms with E-state index in [4.69, 9.17) is 9.47 Å². The molecule has 3 aromatic carbocycles. The van der Waals surface area contributed by atoms with Crippen LogP contribution in [-0.2, 0) is 24.4 Å². The average Bonchev–Trinajstić information content (AvgIpc) is 2.90. The zero-order valence-electron chi connectivity index (χ0n) is 19.6. The van der Waals surface area contributed by atoms with Gasteiger partial charge in [0.1, 0.15) is 12.4 Å². The summed E-state index contributed by atoms with van der Waals surface area (Å²) in [6, 6.07) is 23.3. The fourth-order valence-electron chi connectivity index (χ4n) is 4.14. The molecule has 1 heterocycles. The van der Waals surface area contributed by atoms with E-state index in [0.29, 0.717) is 17.9 Å². The number of nitrogens with zero attached hydrogens (tertiary/aromatic N) is 1. The summed E-state index contributed by atoms with van der Waals surface area (Å²) >= 11 is 0. The zero-order valence-corrected chi connectivity index (χ0v) is 19.6. The Morgan fingerprint density at radius 3 is 2.44 bits per heavy atom. The second-order valence-corrected chi connectivity index (χ2v) is 8.17. The summed E-state index contributed by atoms with van der Waals surface area (Å²) in [6.07, 6.45) is 2.85. The lowest BCUT2D eigenvalue weighted by Gasteiger charge is -2.17. The molecule has 0 spiro atoms. The Bertz CT molecular complexity index is 1280. The van der Waals surface area contributed by atoms with Crippen LogP contribution in [0, 0.1) is 0 Å². The van der Waals surface area contributed by atoms with Crippen molar-refractivity contribution in [1.82, 2.24) is 4.98 Å². The molecule has 174 valence electrons. The number of fused-ring (bicyclic) bond motifs is 1. The van der Waals surface area contributed by atoms with E-state index in [2.05, 4.69) is 11.9 Å². The van der Waals surface area contributed by atoms with E-state index in [1.54, 1.807) is 6.07 Å². The number of methoxy groups -OCH3 is 1. The Balaban J connectivity index is 1.62. The Morgan fingerprint density at radius 1 is 0.971 bits per heavy atom. The highest BCUT2D eigenvalue weighted by Crippen LogP contribution is 2.33. The second-order valence-electron chi connectivity index (χ2n) is 8.17. The first-order valence-corrected chi connectivity index (χ1v) is 11.6. The number of rotatable bonds is 9. The van der Waals surface area contributed by atoms with Gasteiger partial charge >= 0.3 is 5.97 Å². The first kappa shape index (κ1) is 23.5. The maximum Gasteiger partial charge on any atom is 0.338 e. The Kier molecular flexibility index (Phi) is 7.55. The van der Waals surface area contributed by atoms with Gasteiger partial charge < -0.3 is 14.6 Å². The largest absolute Gasteiger partial charge is 0.488 e. The fraction of sp³-hybridized carbons (Fsp3) is 0.241. The van der Waals surface area contributed by atoms with E-state index in [0.717, 1.165) is 58.2 Å². The molecule has 4 rings (SSSR count). The molecule has 0 bridgehead atoms. The molecular weight excluding hydrogens is 426 g/mol. The molecule has 0 aliphatic heterocycles. The molecule has 0 atom stereocenters. The first-order valence-electron chi connectivity index (χ1n) is 11.6. The molecule has 0 fully saturated rings. The molecule has 5 nitrogen and oxygen atoms in total. The number of unbranched alkanes of at least 4 members (excludes halogenated alkanes) is 1. The lowest BCUT2D eigenvalue weighted by atomic mass is 9.99. The molecule has 0 saturated carbocycles. The Morgan fingerprint density at radius 2 is 1.71 bits per heavy atom. The molecule has 0 aliphatic rings. The minimum absolute atomic E-state index is 0.117. The number of aliphatic hydroxyl groups excluding tert-OH is 1. The minimum Gasteiger partial charge on any atom is -0.488 e. The van der Waals surface area contributed by atoms with E-state index in [1.165, 1.54) is 7.11 Å². The number of carbonyl (C=O) groups is 1. The molecule has 0 unspecified atom stereocenters. The topological polar surface area (TPSA) is 68.7 Å². The van der Waals surface area contributed by atoms with Crippen LogP contribution in [0.4, 0.5) is 0 Å². The number of esters is 1. The van der Waals surface area contributed by atoms with E-state index in [9.17, 15) is 9.90 Å². The molecule has 0 saturated heterocycles. The van der Waals surface area contributed by atoms with Gasteiger partial charge in [-0.15, -0.1) is 0 Å². The third-order valence-electron chi connectivity index (χ3n) is 5.94. The van der Waals surface area contributed by atoms with Crippen LogP contribution in [0.1, 0.15) is 46.9 Å². The summed E-state index contributed by atoms with van der Waals surface area (Å²) in [6.45, 7) is 2.42. The van der Waals surface area contributed by atoms with Crippen molar-refractivity contribution in [1.29, 1.82) is 0 Å². The fourth-order valence-corrected chi connectivity index (χ4v) is 4.14. The predicted molar refractivity (Wildman–Crippen MR) is 134 cm³/mol. The summed E-state index contributed by atoms with van der Waals surface area (Å²) in [5.41, 5.74) is 5.78. The average molecular weight is 456 g/mol. The summed E-state index contributed by atoms with van der Waals surface area (Å²) in [7, 11) is 1.39. The van der Waals surface area contributed by atoms with Crippen molar-refractivity contribution >= 4 is 16.9 Å². The van der Waals surface area contributed by atoms with Crippen LogP contribution in [-0.4, -0.2) is 23.2 Å². The van der Waals surface area contributed by atoms with Gasteiger partial charge in [-0.25, -0.2) is 9.78 Å². The van der Waals surface area contributed by atoms with Crippen LogP contribution >= 0.6 is 0 Å².